The second-order valence-electron chi connectivity index (χ2n) is 12.8. The maximum absolute atomic E-state index is 13.9. The lowest BCUT2D eigenvalue weighted by atomic mass is 9.85. The van der Waals surface area contributed by atoms with Crippen molar-refractivity contribution < 1.29 is 33.2 Å². The van der Waals surface area contributed by atoms with Gasteiger partial charge in [-0.2, -0.15) is 0 Å². The molecule has 0 spiro atoms. The van der Waals surface area contributed by atoms with E-state index in [1.54, 1.807) is 34.6 Å². The second-order valence-corrected chi connectivity index (χ2v) is 12.8. The van der Waals surface area contributed by atoms with Crippen LogP contribution < -0.4 is 21.7 Å². The van der Waals surface area contributed by atoms with Crippen molar-refractivity contribution in [3.8, 4) is 0 Å². The summed E-state index contributed by atoms with van der Waals surface area (Å²) in [5.74, 6) is -4.28. The zero-order valence-electron chi connectivity index (χ0n) is 25.4. The lowest BCUT2D eigenvalue weighted by molar-refractivity contribution is -0.142. The largest absolute Gasteiger partial charge is 0.363 e. The quantitative estimate of drug-likeness (QED) is 0.163. The van der Waals surface area contributed by atoms with E-state index in [1.165, 1.54) is 17.0 Å². The Balaban J connectivity index is 1.77. The third-order valence-corrected chi connectivity index (χ3v) is 7.80. The molecular formula is C31H42FN5O6. The molecule has 4 atom stereocenters. The first-order valence-electron chi connectivity index (χ1n) is 14.5. The van der Waals surface area contributed by atoms with Crippen LogP contribution in [-0.4, -0.2) is 70.9 Å². The molecule has 2 aliphatic rings. The van der Waals surface area contributed by atoms with Gasteiger partial charge in [0.25, 0.3) is 5.91 Å². The number of nitrogens with zero attached hydrogens (tertiary/aromatic N) is 1. The van der Waals surface area contributed by atoms with Gasteiger partial charge in [0, 0.05) is 12.1 Å². The number of hydrogen-bond donors (Lipinski definition) is 4. The van der Waals surface area contributed by atoms with E-state index < -0.39 is 70.7 Å². The van der Waals surface area contributed by atoms with Crippen LogP contribution in [0, 0.1) is 23.1 Å². The van der Waals surface area contributed by atoms with E-state index in [0.29, 0.717) is 12.0 Å². The molecule has 2 fully saturated rings. The van der Waals surface area contributed by atoms with Gasteiger partial charge in [0.1, 0.15) is 17.9 Å². The molecule has 0 radical (unpaired) electrons. The van der Waals surface area contributed by atoms with Crippen LogP contribution in [-0.2, 0) is 19.2 Å². The molecule has 234 valence electrons. The summed E-state index contributed by atoms with van der Waals surface area (Å²) in [6.45, 7) is 12.8. The Kier molecular flexibility index (Phi) is 10.5. The number of carbonyl (C=O) groups is 6. The molecule has 1 aromatic carbocycles. The van der Waals surface area contributed by atoms with Gasteiger partial charge in [-0.3, -0.25) is 24.0 Å². The highest BCUT2D eigenvalue weighted by Gasteiger charge is 2.45. The average Bonchev–Trinajstić information content (AvgIpc) is 3.66. The van der Waals surface area contributed by atoms with Crippen LogP contribution in [0.4, 0.5) is 9.18 Å². The van der Waals surface area contributed by atoms with Crippen LogP contribution in [0.5, 0.6) is 0 Å². The highest BCUT2D eigenvalue weighted by Crippen LogP contribution is 2.34. The zero-order chi connectivity index (χ0) is 32.2. The van der Waals surface area contributed by atoms with Gasteiger partial charge in [-0.05, 0) is 59.9 Å². The van der Waals surface area contributed by atoms with Gasteiger partial charge in [-0.15, -0.1) is 0 Å². The first-order valence-corrected chi connectivity index (χ1v) is 14.5. The average molecular weight is 600 g/mol. The van der Waals surface area contributed by atoms with E-state index in [4.69, 9.17) is 5.73 Å². The van der Waals surface area contributed by atoms with Gasteiger partial charge in [0.2, 0.25) is 17.6 Å². The van der Waals surface area contributed by atoms with E-state index in [2.05, 4.69) is 22.5 Å². The number of nitrogens with one attached hydrogen (secondary N) is 3. The van der Waals surface area contributed by atoms with Crippen LogP contribution in [0.3, 0.4) is 0 Å². The number of ketones is 2. The number of Topliss-reactive ketones (excluding diaryl/α,β-unsaturated/α-hetero) is 2. The highest BCUT2D eigenvalue weighted by molar-refractivity contribution is 6.37. The Labute approximate surface area is 251 Å². The fraction of sp³-hybridized carbons (Fsp3) is 0.548. The minimum absolute atomic E-state index is 0.153. The van der Waals surface area contributed by atoms with E-state index in [-0.39, 0.29) is 30.4 Å². The maximum atomic E-state index is 13.9. The monoisotopic (exact) mass is 599 g/mol. The molecule has 11 nitrogen and oxygen atoms in total. The summed E-state index contributed by atoms with van der Waals surface area (Å²) in [4.78, 5) is 79.0. The van der Waals surface area contributed by atoms with Gasteiger partial charge in [-0.1, -0.05) is 54.0 Å². The predicted molar refractivity (Wildman–Crippen MR) is 157 cm³/mol. The molecular weight excluding hydrogens is 557 g/mol. The maximum Gasteiger partial charge on any atom is 0.316 e. The Bertz CT molecular complexity index is 1280. The van der Waals surface area contributed by atoms with Crippen molar-refractivity contribution in [2.45, 2.75) is 84.5 Å². The molecule has 2 unspecified atom stereocenters. The second kappa shape index (κ2) is 13.5. The van der Waals surface area contributed by atoms with Gasteiger partial charge in [0.15, 0.2) is 5.78 Å². The zero-order valence-corrected chi connectivity index (χ0v) is 25.4. The molecule has 1 aliphatic carbocycles. The summed E-state index contributed by atoms with van der Waals surface area (Å²) in [5.41, 5.74) is 5.06. The minimum atomic E-state index is -1.15. The van der Waals surface area contributed by atoms with Crippen molar-refractivity contribution in [1.82, 2.24) is 20.9 Å². The number of halogens is 1. The predicted octanol–water partition coefficient (Wildman–Crippen LogP) is 2.24. The van der Waals surface area contributed by atoms with Gasteiger partial charge in [-0.25, -0.2) is 9.18 Å². The topological polar surface area (TPSA) is 168 Å². The molecule has 1 saturated heterocycles. The number of carbonyl (C=O) groups excluding carboxylic acids is 6. The van der Waals surface area contributed by atoms with E-state index in [1.807, 2.05) is 0 Å². The molecule has 0 bridgehead atoms. The summed E-state index contributed by atoms with van der Waals surface area (Å²) in [7, 11) is 0. The van der Waals surface area contributed by atoms with Crippen molar-refractivity contribution in [3.63, 3.8) is 0 Å². The molecule has 0 aromatic heterocycles. The molecule has 5 N–H and O–H groups in total. The SMILES string of the molecule is C=C1CCN(C(=O)C(NC(=O)N[C@H](C(=O)c2ccc(F)cc2)C(C)C)C(C)(C)C)[C@@H]1C(=O)NC(CC1CC1)C(=O)C(N)=O. The minimum Gasteiger partial charge on any atom is -0.363 e. The third-order valence-electron chi connectivity index (χ3n) is 7.80. The number of primary amides is 1. The van der Waals surface area contributed by atoms with Crippen LogP contribution in [0.2, 0.25) is 0 Å². The number of nitrogens with two attached hydrogens (primary N) is 1. The van der Waals surface area contributed by atoms with Crippen LogP contribution in [0.25, 0.3) is 0 Å². The van der Waals surface area contributed by atoms with Crippen molar-refractivity contribution in [1.29, 1.82) is 0 Å². The lowest BCUT2D eigenvalue weighted by Crippen LogP contribution is -2.61. The van der Waals surface area contributed by atoms with E-state index in [0.717, 1.165) is 25.0 Å². The molecule has 1 heterocycles. The summed E-state index contributed by atoms with van der Waals surface area (Å²) >= 11 is 0. The van der Waals surface area contributed by atoms with E-state index >= 15 is 0 Å². The highest BCUT2D eigenvalue weighted by atomic mass is 19.1. The smallest absolute Gasteiger partial charge is 0.316 e. The fourth-order valence-corrected chi connectivity index (χ4v) is 5.11. The molecule has 43 heavy (non-hydrogen) atoms. The van der Waals surface area contributed by atoms with Crippen molar-refractivity contribution in [3.05, 3.63) is 47.8 Å². The number of urea groups is 1. The third kappa shape index (κ3) is 8.48. The summed E-state index contributed by atoms with van der Waals surface area (Å²) in [6, 6.07) is -0.0597. The Hall–Kier alpha value is -4.09. The van der Waals surface area contributed by atoms with Crippen LogP contribution in [0.1, 0.15) is 70.7 Å². The molecule has 5 amide bonds. The number of amides is 5. The summed E-state index contributed by atoms with van der Waals surface area (Å²) < 4.78 is 13.4. The van der Waals surface area contributed by atoms with Gasteiger partial charge < -0.3 is 26.6 Å². The first-order chi connectivity index (χ1) is 20.0. The Morgan fingerprint density at radius 1 is 1.02 bits per heavy atom. The van der Waals surface area contributed by atoms with Crippen molar-refractivity contribution >= 4 is 35.3 Å². The standard InChI is InChI=1S/C31H42FN5O6/c1-16(2)22(24(38)19-9-11-20(32)12-10-19)35-30(43)36-26(31(4,5)6)29(42)37-14-13-17(3)23(37)28(41)34-21(15-18-7-8-18)25(39)27(33)40/h9-12,16,18,21-23,26H,3,7-8,13-15H2,1-2,4-6H3,(H2,33,40)(H,34,41)(H2,35,36,43)/t21?,22-,23-,26?/m0/s1. The molecule has 1 saturated carbocycles. The number of benzene rings is 1. The van der Waals surface area contributed by atoms with Gasteiger partial charge >= 0.3 is 6.03 Å². The van der Waals surface area contributed by atoms with Crippen LogP contribution >= 0.6 is 0 Å². The first kappa shape index (κ1) is 33.4. The Morgan fingerprint density at radius 3 is 2.14 bits per heavy atom. The Morgan fingerprint density at radius 2 is 1.63 bits per heavy atom. The summed E-state index contributed by atoms with van der Waals surface area (Å²) in [6.07, 6.45) is 2.37. The molecule has 1 aliphatic heterocycles. The number of rotatable bonds is 12. The van der Waals surface area contributed by atoms with Gasteiger partial charge in [0.05, 0.1) is 12.1 Å². The summed E-state index contributed by atoms with van der Waals surface area (Å²) in [5, 5.41) is 7.95. The normalized spacial score (nSPS) is 18.9. The number of hydrogen-bond acceptors (Lipinski definition) is 6. The van der Waals surface area contributed by atoms with E-state index in [9.17, 15) is 33.2 Å². The molecule has 1 aromatic rings. The van der Waals surface area contributed by atoms with Crippen molar-refractivity contribution in [2.24, 2.45) is 23.0 Å². The van der Waals surface area contributed by atoms with Crippen molar-refractivity contribution in [2.75, 3.05) is 6.54 Å². The molecule has 12 heteroatoms. The number of likely N-dealkylation sites (tertiary alicyclic amines) is 1. The lowest BCUT2D eigenvalue weighted by Gasteiger charge is -2.36. The fourth-order valence-electron chi connectivity index (χ4n) is 5.11. The van der Waals surface area contributed by atoms with Crippen LogP contribution in [0.15, 0.2) is 36.4 Å². The molecule has 3 rings (SSSR count).